The van der Waals surface area contributed by atoms with E-state index in [0.29, 0.717) is 5.75 Å². The second-order valence-electron chi connectivity index (χ2n) is 3.09. The van der Waals surface area contributed by atoms with E-state index < -0.39 is 0 Å². The Morgan fingerprint density at radius 2 is 2.29 bits per heavy atom. The van der Waals surface area contributed by atoms with Crippen LogP contribution in [0.1, 0.15) is 25.3 Å². The maximum Gasteiger partial charge on any atom is 0.138 e. The van der Waals surface area contributed by atoms with E-state index in [1.54, 1.807) is 12.1 Å². The molecule has 14 heavy (non-hydrogen) atoms. The van der Waals surface area contributed by atoms with E-state index in [0.717, 1.165) is 41.5 Å². The minimum atomic E-state index is 0.334. The van der Waals surface area contributed by atoms with Gasteiger partial charge >= 0.3 is 0 Å². The van der Waals surface area contributed by atoms with E-state index in [2.05, 4.69) is 6.92 Å². The number of benzene rings is 1. The third-order valence-electron chi connectivity index (χ3n) is 2.01. The summed E-state index contributed by atoms with van der Waals surface area (Å²) in [4.78, 5) is 0.899. The van der Waals surface area contributed by atoms with E-state index in [4.69, 9.17) is 5.26 Å². The molecule has 0 aliphatic carbocycles. The molecule has 0 aromatic heterocycles. The van der Waals surface area contributed by atoms with Crippen molar-refractivity contribution in [3.63, 3.8) is 0 Å². The van der Waals surface area contributed by atoms with Gasteiger partial charge in [-0.3, -0.25) is 0 Å². The van der Waals surface area contributed by atoms with Crippen molar-refractivity contribution in [3.05, 3.63) is 23.8 Å². The van der Waals surface area contributed by atoms with Crippen molar-refractivity contribution < 1.29 is 5.11 Å². The number of phenolic OH excluding ortho intramolecular Hbond substituents is 1. The predicted octanol–water partition coefficient (Wildman–Crippen LogP) is 3.31. The maximum absolute atomic E-state index is 9.54. The Kier molecular flexibility index (Phi) is 4.34. The Balaban J connectivity index is 2.80. The summed E-state index contributed by atoms with van der Waals surface area (Å²) in [7, 11) is 0. The lowest BCUT2D eigenvalue weighted by atomic mass is 10.1. The van der Waals surface area contributed by atoms with Crippen molar-refractivity contribution in [2.24, 2.45) is 0 Å². The Labute approximate surface area is 88.6 Å². The number of hydrogen-bond donors (Lipinski definition) is 1. The lowest BCUT2D eigenvalue weighted by Gasteiger charge is -2.04. The number of aromatic hydroxyl groups is 1. The van der Waals surface area contributed by atoms with Crippen LogP contribution in [-0.4, -0.2) is 5.11 Å². The molecule has 3 heteroatoms. The first kappa shape index (κ1) is 10.9. The Morgan fingerprint density at radius 3 is 2.93 bits per heavy atom. The summed E-state index contributed by atoms with van der Waals surface area (Å²) in [5, 5.41) is 20.1. The highest BCUT2D eigenvalue weighted by Gasteiger charge is 2.02. The topological polar surface area (TPSA) is 44.0 Å². The molecule has 0 atom stereocenters. The van der Waals surface area contributed by atoms with Gasteiger partial charge in [-0.15, -0.1) is 0 Å². The standard InChI is InChI=1S/C11H13NOS/c1-2-3-4-9-7-10(14-8-12)5-6-11(9)13/h5-7,13H,2-4H2,1H3. The van der Waals surface area contributed by atoms with Crippen molar-refractivity contribution in [2.45, 2.75) is 31.1 Å². The number of phenols is 1. The normalized spacial score (nSPS) is 9.71. The maximum atomic E-state index is 9.54. The number of nitrogens with zero attached hydrogens (tertiary/aromatic N) is 1. The van der Waals surface area contributed by atoms with Crippen molar-refractivity contribution in [1.29, 1.82) is 5.26 Å². The van der Waals surface area contributed by atoms with E-state index in [9.17, 15) is 5.11 Å². The van der Waals surface area contributed by atoms with Crippen LogP contribution in [0.5, 0.6) is 5.75 Å². The van der Waals surface area contributed by atoms with Crippen molar-refractivity contribution in [3.8, 4) is 11.2 Å². The van der Waals surface area contributed by atoms with Gasteiger partial charge in [0.15, 0.2) is 0 Å². The van der Waals surface area contributed by atoms with Gasteiger partial charge in [0.2, 0.25) is 0 Å². The molecule has 0 radical (unpaired) electrons. The molecular weight excluding hydrogens is 194 g/mol. The molecule has 0 saturated carbocycles. The average molecular weight is 207 g/mol. The monoisotopic (exact) mass is 207 g/mol. The molecule has 0 aliphatic rings. The van der Waals surface area contributed by atoms with Crippen LogP contribution in [0.25, 0.3) is 0 Å². The molecule has 1 aromatic carbocycles. The van der Waals surface area contributed by atoms with Crippen LogP contribution >= 0.6 is 11.8 Å². The Bertz CT molecular complexity index is 344. The molecule has 1 aromatic rings. The summed E-state index contributed by atoms with van der Waals surface area (Å²) in [6.45, 7) is 2.12. The van der Waals surface area contributed by atoms with Crippen LogP contribution in [0.15, 0.2) is 23.1 Å². The summed E-state index contributed by atoms with van der Waals surface area (Å²) < 4.78 is 0. The molecule has 0 saturated heterocycles. The number of thioether (sulfide) groups is 1. The number of aryl methyl sites for hydroxylation is 1. The largest absolute Gasteiger partial charge is 0.508 e. The van der Waals surface area contributed by atoms with Crippen molar-refractivity contribution >= 4 is 11.8 Å². The molecule has 1 N–H and O–H groups in total. The Hall–Kier alpha value is -1.14. The zero-order valence-corrected chi connectivity index (χ0v) is 8.97. The fourth-order valence-corrected chi connectivity index (χ4v) is 1.69. The van der Waals surface area contributed by atoms with Gasteiger partial charge in [0.1, 0.15) is 11.2 Å². The summed E-state index contributed by atoms with van der Waals surface area (Å²) in [6.07, 6.45) is 3.05. The molecule has 2 nitrogen and oxygen atoms in total. The fourth-order valence-electron chi connectivity index (χ4n) is 1.25. The lowest BCUT2D eigenvalue weighted by molar-refractivity contribution is 0.466. The lowest BCUT2D eigenvalue weighted by Crippen LogP contribution is -1.86. The highest BCUT2D eigenvalue weighted by atomic mass is 32.2. The van der Waals surface area contributed by atoms with Gasteiger partial charge in [0, 0.05) is 4.90 Å². The highest BCUT2D eigenvalue weighted by molar-refractivity contribution is 8.03. The molecule has 0 bridgehead atoms. The summed E-state index contributed by atoms with van der Waals surface area (Å²) in [5.74, 6) is 0.334. The predicted molar refractivity (Wildman–Crippen MR) is 58.2 cm³/mol. The minimum absolute atomic E-state index is 0.334. The molecule has 0 amide bonds. The quantitative estimate of drug-likeness (QED) is 0.608. The first-order valence-electron chi connectivity index (χ1n) is 4.65. The fraction of sp³-hybridized carbons (Fsp3) is 0.364. The van der Waals surface area contributed by atoms with Gasteiger partial charge in [-0.25, -0.2) is 0 Å². The average Bonchev–Trinajstić information content (AvgIpc) is 2.19. The highest BCUT2D eigenvalue weighted by Crippen LogP contribution is 2.25. The third kappa shape index (κ3) is 2.97. The van der Waals surface area contributed by atoms with E-state index >= 15 is 0 Å². The zero-order valence-electron chi connectivity index (χ0n) is 8.16. The SMILES string of the molecule is CCCCc1cc(SC#N)ccc1O. The van der Waals surface area contributed by atoms with Crippen LogP contribution in [0.3, 0.4) is 0 Å². The smallest absolute Gasteiger partial charge is 0.138 e. The van der Waals surface area contributed by atoms with Crippen LogP contribution in [0.4, 0.5) is 0 Å². The molecule has 0 unspecified atom stereocenters. The summed E-state index contributed by atoms with van der Waals surface area (Å²) >= 11 is 1.13. The van der Waals surface area contributed by atoms with Crippen LogP contribution < -0.4 is 0 Å². The summed E-state index contributed by atoms with van der Waals surface area (Å²) in [5.41, 5.74) is 0.937. The zero-order chi connectivity index (χ0) is 10.4. The van der Waals surface area contributed by atoms with Crippen LogP contribution in [-0.2, 0) is 6.42 Å². The molecule has 0 heterocycles. The van der Waals surface area contributed by atoms with Crippen molar-refractivity contribution in [1.82, 2.24) is 0 Å². The van der Waals surface area contributed by atoms with E-state index in [-0.39, 0.29) is 0 Å². The number of hydrogen-bond acceptors (Lipinski definition) is 3. The molecular formula is C11H13NOS. The number of nitriles is 1. The molecule has 1 rings (SSSR count). The second-order valence-corrected chi connectivity index (χ2v) is 3.95. The van der Waals surface area contributed by atoms with Crippen LogP contribution in [0, 0.1) is 10.7 Å². The number of rotatable bonds is 4. The molecule has 0 spiro atoms. The molecule has 74 valence electrons. The van der Waals surface area contributed by atoms with Gasteiger partial charge in [-0.2, -0.15) is 5.26 Å². The van der Waals surface area contributed by atoms with Gasteiger partial charge in [-0.05, 0) is 48.4 Å². The van der Waals surface area contributed by atoms with E-state index in [1.165, 1.54) is 0 Å². The first-order valence-corrected chi connectivity index (χ1v) is 5.47. The van der Waals surface area contributed by atoms with Crippen molar-refractivity contribution in [2.75, 3.05) is 0 Å². The third-order valence-corrected chi connectivity index (χ3v) is 2.60. The van der Waals surface area contributed by atoms with Crippen LogP contribution in [0.2, 0.25) is 0 Å². The minimum Gasteiger partial charge on any atom is -0.508 e. The van der Waals surface area contributed by atoms with Gasteiger partial charge in [0.25, 0.3) is 0 Å². The number of unbranched alkanes of at least 4 members (excludes halogenated alkanes) is 1. The Morgan fingerprint density at radius 1 is 1.50 bits per heavy atom. The summed E-state index contributed by atoms with van der Waals surface area (Å²) in [6, 6.07) is 5.31. The second kappa shape index (κ2) is 5.56. The van der Waals surface area contributed by atoms with Gasteiger partial charge in [0.05, 0.1) is 0 Å². The van der Waals surface area contributed by atoms with Gasteiger partial charge in [-0.1, -0.05) is 13.3 Å². The molecule has 0 aliphatic heterocycles. The first-order chi connectivity index (χ1) is 6.77. The van der Waals surface area contributed by atoms with Gasteiger partial charge < -0.3 is 5.11 Å². The van der Waals surface area contributed by atoms with E-state index in [1.807, 2.05) is 11.5 Å². The molecule has 0 fully saturated rings. The number of thiocyanates is 1.